The van der Waals surface area contributed by atoms with E-state index >= 15 is 0 Å². The Morgan fingerprint density at radius 1 is 1.07 bits per heavy atom. The van der Waals surface area contributed by atoms with Crippen molar-refractivity contribution >= 4 is 22.2 Å². The SMILES string of the molecule is CCC(C/C=C/c1ccccc1)N(C(=O)OC(C)(C)C)S(=O)(=O)c1ccc(C)cc1. The Balaban J connectivity index is 2.38. The molecule has 162 valence electrons. The molecular formula is C24H31NO4S. The Morgan fingerprint density at radius 2 is 1.67 bits per heavy atom. The van der Waals surface area contributed by atoms with Gasteiger partial charge in [0.15, 0.2) is 0 Å². The van der Waals surface area contributed by atoms with E-state index in [0.29, 0.717) is 12.8 Å². The molecule has 0 bridgehead atoms. The summed E-state index contributed by atoms with van der Waals surface area (Å²) >= 11 is 0. The van der Waals surface area contributed by atoms with E-state index < -0.39 is 27.8 Å². The molecule has 0 fully saturated rings. The van der Waals surface area contributed by atoms with Gasteiger partial charge in [0.1, 0.15) is 5.60 Å². The van der Waals surface area contributed by atoms with Gasteiger partial charge in [0, 0.05) is 0 Å². The highest BCUT2D eigenvalue weighted by molar-refractivity contribution is 7.89. The van der Waals surface area contributed by atoms with Crippen molar-refractivity contribution in [3.8, 4) is 0 Å². The molecule has 0 aliphatic rings. The first-order chi connectivity index (χ1) is 14.0. The lowest BCUT2D eigenvalue weighted by Crippen LogP contribution is -2.46. The Hall–Kier alpha value is -2.60. The van der Waals surface area contributed by atoms with E-state index in [0.717, 1.165) is 15.4 Å². The van der Waals surface area contributed by atoms with Gasteiger partial charge in [-0.1, -0.05) is 67.1 Å². The summed E-state index contributed by atoms with van der Waals surface area (Å²) in [6, 6.07) is 15.7. The van der Waals surface area contributed by atoms with Crippen molar-refractivity contribution in [3.63, 3.8) is 0 Å². The Labute approximate surface area is 180 Å². The molecule has 0 radical (unpaired) electrons. The fourth-order valence-electron chi connectivity index (χ4n) is 2.93. The van der Waals surface area contributed by atoms with Crippen LogP contribution in [0.25, 0.3) is 6.08 Å². The second-order valence-corrected chi connectivity index (χ2v) is 10.0. The molecule has 0 aliphatic carbocycles. The van der Waals surface area contributed by atoms with Crippen LogP contribution in [0.15, 0.2) is 65.6 Å². The molecule has 5 nitrogen and oxygen atoms in total. The normalized spacial score (nSPS) is 13.2. The highest BCUT2D eigenvalue weighted by atomic mass is 32.2. The van der Waals surface area contributed by atoms with Gasteiger partial charge in [-0.15, -0.1) is 0 Å². The van der Waals surface area contributed by atoms with Gasteiger partial charge in [0.05, 0.1) is 10.9 Å². The van der Waals surface area contributed by atoms with E-state index in [1.807, 2.05) is 56.3 Å². The fourth-order valence-corrected chi connectivity index (χ4v) is 4.50. The third-order valence-corrected chi connectivity index (χ3v) is 6.31. The number of nitrogens with zero attached hydrogens (tertiary/aromatic N) is 1. The lowest BCUT2D eigenvalue weighted by molar-refractivity contribution is 0.0337. The number of benzene rings is 2. The molecule has 1 amide bonds. The highest BCUT2D eigenvalue weighted by Crippen LogP contribution is 2.25. The van der Waals surface area contributed by atoms with Crippen LogP contribution >= 0.6 is 0 Å². The van der Waals surface area contributed by atoms with Crippen LogP contribution < -0.4 is 0 Å². The zero-order chi connectivity index (χ0) is 22.4. The zero-order valence-corrected chi connectivity index (χ0v) is 19.1. The number of sulfonamides is 1. The molecule has 0 spiro atoms. The minimum absolute atomic E-state index is 0.0736. The summed E-state index contributed by atoms with van der Waals surface area (Å²) < 4.78 is 33.2. The van der Waals surface area contributed by atoms with Crippen LogP contribution in [-0.4, -0.2) is 30.5 Å². The zero-order valence-electron chi connectivity index (χ0n) is 18.3. The van der Waals surface area contributed by atoms with Crippen LogP contribution in [-0.2, 0) is 14.8 Å². The topological polar surface area (TPSA) is 63.7 Å². The molecule has 6 heteroatoms. The molecule has 2 aromatic rings. The first kappa shape index (κ1) is 23.7. The van der Waals surface area contributed by atoms with Crippen molar-refractivity contribution in [3.05, 3.63) is 71.8 Å². The average molecular weight is 430 g/mol. The summed E-state index contributed by atoms with van der Waals surface area (Å²) in [5, 5.41) is 0. The molecule has 0 N–H and O–H groups in total. The van der Waals surface area contributed by atoms with E-state index in [2.05, 4.69) is 0 Å². The number of carbonyl (C=O) groups excluding carboxylic acids is 1. The van der Waals surface area contributed by atoms with Gasteiger partial charge in [0.25, 0.3) is 10.0 Å². The molecule has 1 atom stereocenters. The van der Waals surface area contributed by atoms with Crippen molar-refractivity contribution in [1.82, 2.24) is 4.31 Å². The maximum absolute atomic E-state index is 13.4. The Kier molecular flexibility index (Phi) is 7.84. The minimum atomic E-state index is -4.07. The van der Waals surface area contributed by atoms with Crippen LogP contribution in [0.1, 0.15) is 51.7 Å². The average Bonchev–Trinajstić information content (AvgIpc) is 2.66. The van der Waals surface area contributed by atoms with Crippen molar-refractivity contribution in [2.24, 2.45) is 0 Å². The standard InChI is InChI=1S/C24H31NO4S/c1-6-21(14-10-13-20-11-8-7-9-12-20)25(23(26)29-24(3,4)5)30(27,28)22-17-15-19(2)16-18-22/h7-13,15-18,21H,6,14H2,1-5H3/b13-10+. The molecule has 0 aromatic heterocycles. The van der Waals surface area contributed by atoms with Crippen LogP contribution in [0.4, 0.5) is 4.79 Å². The maximum Gasteiger partial charge on any atom is 0.424 e. The van der Waals surface area contributed by atoms with E-state index in [9.17, 15) is 13.2 Å². The summed E-state index contributed by atoms with van der Waals surface area (Å²) in [5.74, 6) is 0. The van der Waals surface area contributed by atoms with Gasteiger partial charge < -0.3 is 4.74 Å². The van der Waals surface area contributed by atoms with Crippen LogP contribution in [0.2, 0.25) is 0 Å². The first-order valence-corrected chi connectivity index (χ1v) is 11.5. The third kappa shape index (κ3) is 6.46. The second-order valence-electron chi connectivity index (χ2n) is 8.21. The van der Waals surface area contributed by atoms with Gasteiger partial charge >= 0.3 is 6.09 Å². The summed E-state index contributed by atoms with van der Waals surface area (Å²) in [6.07, 6.45) is 3.81. The molecule has 30 heavy (non-hydrogen) atoms. The molecule has 0 saturated heterocycles. The number of rotatable bonds is 7. The summed E-state index contributed by atoms with van der Waals surface area (Å²) in [4.78, 5) is 13.1. The maximum atomic E-state index is 13.4. The summed E-state index contributed by atoms with van der Waals surface area (Å²) in [5.41, 5.74) is 1.14. The van der Waals surface area contributed by atoms with E-state index in [4.69, 9.17) is 4.74 Å². The molecule has 0 heterocycles. The van der Waals surface area contributed by atoms with Crippen molar-refractivity contribution in [2.75, 3.05) is 0 Å². The van der Waals surface area contributed by atoms with Crippen molar-refractivity contribution < 1.29 is 17.9 Å². The van der Waals surface area contributed by atoms with E-state index in [1.54, 1.807) is 32.9 Å². The van der Waals surface area contributed by atoms with Gasteiger partial charge in [-0.25, -0.2) is 13.2 Å². The van der Waals surface area contributed by atoms with Crippen LogP contribution in [0.3, 0.4) is 0 Å². The van der Waals surface area contributed by atoms with E-state index in [1.165, 1.54) is 12.1 Å². The Morgan fingerprint density at radius 3 is 2.20 bits per heavy atom. The summed E-state index contributed by atoms with van der Waals surface area (Å²) in [7, 11) is -4.07. The molecular weight excluding hydrogens is 398 g/mol. The van der Waals surface area contributed by atoms with Crippen LogP contribution in [0.5, 0.6) is 0 Å². The molecule has 2 aromatic carbocycles. The predicted molar refractivity (Wildman–Crippen MR) is 121 cm³/mol. The van der Waals surface area contributed by atoms with Gasteiger partial charge in [-0.3, -0.25) is 0 Å². The number of aryl methyl sites for hydroxylation is 1. The highest BCUT2D eigenvalue weighted by Gasteiger charge is 2.37. The number of ether oxygens (including phenoxy) is 1. The summed E-state index contributed by atoms with van der Waals surface area (Å²) in [6.45, 7) is 8.90. The Bertz CT molecular complexity index is 959. The quantitative estimate of drug-likeness (QED) is 0.558. The molecule has 2 rings (SSSR count). The first-order valence-electron chi connectivity index (χ1n) is 10.1. The number of amides is 1. The van der Waals surface area contributed by atoms with Gasteiger partial charge in [0.2, 0.25) is 0 Å². The van der Waals surface area contributed by atoms with Crippen molar-refractivity contribution in [2.45, 2.75) is 64.0 Å². The predicted octanol–water partition coefficient (Wildman–Crippen LogP) is 5.80. The number of hydrogen-bond donors (Lipinski definition) is 0. The third-order valence-electron chi connectivity index (χ3n) is 4.47. The lowest BCUT2D eigenvalue weighted by Gasteiger charge is -2.32. The monoisotopic (exact) mass is 429 g/mol. The minimum Gasteiger partial charge on any atom is -0.443 e. The largest absolute Gasteiger partial charge is 0.443 e. The van der Waals surface area contributed by atoms with E-state index in [-0.39, 0.29) is 4.90 Å². The number of hydrogen-bond acceptors (Lipinski definition) is 4. The van der Waals surface area contributed by atoms with Gasteiger partial charge in [-0.2, -0.15) is 4.31 Å². The molecule has 0 saturated carbocycles. The van der Waals surface area contributed by atoms with Gasteiger partial charge in [-0.05, 0) is 58.2 Å². The second kappa shape index (κ2) is 9.94. The molecule has 1 unspecified atom stereocenters. The van der Waals surface area contributed by atoms with Crippen molar-refractivity contribution in [1.29, 1.82) is 0 Å². The fraction of sp³-hybridized carbons (Fsp3) is 0.375. The lowest BCUT2D eigenvalue weighted by atomic mass is 10.1. The molecule has 0 aliphatic heterocycles. The smallest absolute Gasteiger partial charge is 0.424 e. The van der Waals surface area contributed by atoms with Crippen LogP contribution in [0, 0.1) is 6.92 Å². The number of carbonyl (C=O) groups is 1.